The van der Waals surface area contributed by atoms with Gasteiger partial charge in [-0.15, -0.1) is 0 Å². The molecule has 0 aromatic heterocycles. The molecule has 2 heteroatoms. The van der Waals surface area contributed by atoms with Gasteiger partial charge in [-0.25, -0.2) is 0 Å². The van der Waals surface area contributed by atoms with Crippen molar-refractivity contribution in [3.05, 3.63) is 35.9 Å². The Hall–Kier alpha value is -0.860. The fourth-order valence-corrected chi connectivity index (χ4v) is 2.01. The van der Waals surface area contributed by atoms with E-state index in [1.807, 2.05) is 6.07 Å². The molecule has 0 saturated heterocycles. The minimum atomic E-state index is 0.270. The minimum Gasteiger partial charge on any atom is -0.298 e. The summed E-state index contributed by atoms with van der Waals surface area (Å²) in [4.78, 5) is 5.67. The van der Waals surface area contributed by atoms with E-state index in [1.165, 1.54) is 31.2 Å². The van der Waals surface area contributed by atoms with Gasteiger partial charge in [0.25, 0.3) is 0 Å². The molecule has 1 aromatic carbocycles. The highest BCUT2D eigenvalue weighted by molar-refractivity contribution is 5.17. The zero-order valence-electron chi connectivity index (χ0n) is 9.28. The van der Waals surface area contributed by atoms with Crippen molar-refractivity contribution < 1.29 is 4.84 Å². The normalized spacial score (nSPS) is 19.3. The zero-order chi connectivity index (χ0) is 10.5. The van der Waals surface area contributed by atoms with Gasteiger partial charge in [0, 0.05) is 0 Å². The first-order valence-corrected chi connectivity index (χ1v) is 5.82. The van der Waals surface area contributed by atoms with Crippen LogP contribution in [0.15, 0.2) is 30.3 Å². The molecule has 1 atom stereocenters. The summed E-state index contributed by atoms with van der Waals surface area (Å²) in [5, 5.41) is 0. The maximum absolute atomic E-state index is 5.67. The second kappa shape index (κ2) is 5.29. The van der Waals surface area contributed by atoms with Crippen LogP contribution >= 0.6 is 0 Å². The van der Waals surface area contributed by atoms with Crippen molar-refractivity contribution in [1.29, 1.82) is 0 Å². The molecule has 0 aliphatic heterocycles. The lowest BCUT2D eigenvalue weighted by Crippen LogP contribution is -2.24. The first-order valence-electron chi connectivity index (χ1n) is 5.82. The van der Waals surface area contributed by atoms with E-state index >= 15 is 0 Å². The third-order valence-electron chi connectivity index (χ3n) is 3.01. The lowest BCUT2D eigenvalue weighted by molar-refractivity contribution is -0.0376. The highest BCUT2D eigenvalue weighted by atomic mass is 16.7. The SMILES string of the molecule is CC(NOC1CCCC1)c1ccccc1. The van der Waals surface area contributed by atoms with E-state index < -0.39 is 0 Å². The minimum absolute atomic E-state index is 0.270. The van der Waals surface area contributed by atoms with Crippen molar-refractivity contribution in [2.75, 3.05) is 0 Å². The largest absolute Gasteiger partial charge is 0.298 e. The molecule has 82 valence electrons. The quantitative estimate of drug-likeness (QED) is 0.762. The van der Waals surface area contributed by atoms with Gasteiger partial charge in [-0.3, -0.25) is 4.84 Å². The standard InChI is InChI=1S/C13H19NO/c1-11(12-7-3-2-4-8-12)14-15-13-9-5-6-10-13/h2-4,7-8,11,13-14H,5-6,9-10H2,1H3. The third-order valence-corrected chi connectivity index (χ3v) is 3.01. The maximum atomic E-state index is 5.67. The fraction of sp³-hybridized carbons (Fsp3) is 0.538. The summed E-state index contributed by atoms with van der Waals surface area (Å²) >= 11 is 0. The average Bonchev–Trinajstić information content (AvgIpc) is 2.80. The molecule has 2 nitrogen and oxygen atoms in total. The molecule has 1 aromatic rings. The Morgan fingerprint density at radius 3 is 2.53 bits per heavy atom. The third kappa shape index (κ3) is 3.05. The molecule has 0 heterocycles. The van der Waals surface area contributed by atoms with Crippen LogP contribution in [0, 0.1) is 0 Å². The Bertz CT molecular complexity index is 280. The molecule has 1 fully saturated rings. The van der Waals surface area contributed by atoms with Crippen molar-refractivity contribution in [2.45, 2.75) is 44.8 Å². The smallest absolute Gasteiger partial charge is 0.0790 e. The van der Waals surface area contributed by atoms with Crippen LogP contribution in [0.5, 0.6) is 0 Å². The Morgan fingerprint density at radius 1 is 1.20 bits per heavy atom. The lowest BCUT2D eigenvalue weighted by Gasteiger charge is -2.17. The Kier molecular flexibility index (Phi) is 3.75. The van der Waals surface area contributed by atoms with Crippen molar-refractivity contribution in [3.8, 4) is 0 Å². The molecule has 2 rings (SSSR count). The van der Waals surface area contributed by atoms with Crippen molar-refractivity contribution in [2.24, 2.45) is 0 Å². The number of hydroxylamine groups is 1. The van der Waals surface area contributed by atoms with E-state index in [1.54, 1.807) is 0 Å². The van der Waals surface area contributed by atoms with E-state index in [9.17, 15) is 0 Å². The Balaban J connectivity index is 1.79. The van der Waals surface area contributed by atoms with Crippen LogP contribution in [-0.2, 0) is 4.84 Å². The molecular formula is C13H19NO. The first kappa shape index (κ1) is 10.7. The summed E-state index contributed by atoms with van der Waals surface area (Å²) in [7, 11) is 0. The fourth-order valence-electron chi connectivity index (χ4n) is 2.01. The van der Waals surface area contributed by atoms with Crippen molar-refractivity contribution >= 4 is 0 Å². The maximum Gasteiger partial charge on any atom is 0.0790 e. The molecule has 1 N–H and O–H groups in total. The van der Waals surface area contributed by atoms with Gasteiger partial charge in [0.05, 0.1) is 12.1 Å². The van der Waals surface area contributed by atoms with Gasteiger partial charge in [-0.2, -0.15) is 5.48 Å². The van der Waals surface area contributed by atoms with Gasteiger partial charge in [0.2, 0.25) is 0 Å². The number of hydrogen-bond donors (Lipinski definition) is 1. The number of hydrogen-bond acceptors (Lipinski definition) is 2. The molecule has 0 bridgehead atoms. The summed E-state index contributed by atoms with van der Waals surface area (Å²) < 4.78 is 0. The predicted octanol–water partition coefficient (Wildman–Crippen LogP) is 3.21. The predicted molar refractivity (Wildman–Crippen MR) is 61.3 cm³/mol. The number of benzene rings is 1. The Labute approximate surface area is 91.6 Å². The lowest BCUT2D eigenvalue weighted by atomic mass is 10.1. The van der Waals surface area contributed by atoms with Gasteiger partial charge >= 0.3 is 0 Å². The van der Waals surface area contributed by atoms with Crippen molar-refractivity contribution in [1.82, 2.24) is 5.48 Å². The number of nitrogens with one attached hydrogen (secondary N) is 1. The molecule has 1 unspecified atom stereocenters. The first-order chi connectivity index (χ1) is 7.36. The molecule has 15 heavy (non-hydrogen) atoms. The molecular weight excluding hydrogens is 186 g/mol. The number of rotatable bonds is 4. The highest BCUT2D eigenvalue weighted by Gasteiger charge is 2.16. The topological polar surface area (TPSA) is 21.3 Å². The van der Waals surface area contributed by atoms with Gasteiger partial charge in [0.15, 0.2) is 0 Å². The molecule has 0 spiro atoms. The van der Waals surface area contributed by atoms with Gasteiger partial charge in [-0.1, -0.05) is 43.2 Å². The Morgan fingerprint density at radius 2 is 1.87 bits per heavy atom. The summed E-state index contributed by atoms with van der Waals surface area (Å²) in [6, 6.07) is 10.7. The molecule has 1 aliphatic rings. The monoisotopic (exact) mass is 205 g/mol. The summed E-state index contributed by atoms with van der Waals surface area (Å²) in [6.07, 6.45) is 5.46. The second-order valence-corrected chi connectivity index (χ2v) is 4.27. The highest BCUT2D eigenvalue weighted by Crippen LogP contribution is 2.21. The molecule has 1 saturated carbocycles. The van der Waals surface area contributed by atoms with Crippen LogP contribution in [0.25, 0.3) is 0 Å². The van der Waals surface area contributed by atoms with Crippen LogP contribution in [-0.4, -0.2) is 6.10 Å². The van der Waals surface area contributed by atoms with E-state index in [-0.39, 0.29) is 6.04 Å². The van der Waals surface area contributed by atoms with E-state index in [0.717, 1.165) is 0 Å². The van der Waals surface area contributed by atoms with E-state index in [4.69, 9.17) is 4.84 Å². The molecule has 1 aliphatic carbocycles. The van der Waals surface area contributed by atoms with Crippen LogP contribution in [0.4, 0.5) is 0 Å². The average molecular weight is 205 g/mol. The van der Waals surface area contributed by atoms with Crippen LogP contribution in [0.1, 0.15) is 44.2 Å². The van der Waals surface area contributed by atoms with Crippen LogP contribution < -0.4 is 5.48 Å². The molecule has 0 radical (unpaired) electrons. The van der Waals surface area contributed by atoms with Crippen LogP contribution in [0.2, 0.25) is 0 Å². The summed E-state index contributed by atoms with van der Waals surface area (Å²) in [5.74, 6) is 0. The van der Waals surface area contributed by atoms with Crippen LogP contribution in [0.3, 0.4) is 0 Å². The molecule has 0 amide bonds. The van der Waals surface area contributed by atoms with E-state index in [2.05, 4.69) is 36.7 Å². The van der Waals surface area contributed by atoms with Gasteiger partial charge in [0.1, 0.15) is 0 Å². The zero-order valence-corrected chi connectivity index (χ0v) is 9.28. The van der Waals surface area contributed by atoms with E-state index in [0.29, 0.717) is 6.10 Å². The van der Waals surface area contributed by atoms with Gasteiger partial charge in [-0.05, 0) is 25.3 Å². The van der Waals surface area contributed by atoms with Crippen molar-refractivity contribution in [3.63, 3.8) is 0 Å². The second-order valence-electron chi connectivity index (χ2n) is 4.27. The summed E-state index contributed by atoms with van der Waals surface area (Å²) in [6.45, 7) is 2.13. The van der Waals surface area contributed by atoms with Gasteiger partial charge < -0.3 is 0 Å². The summed E-state index contributed by atoms with van der Waals surface area (Å²) in [5.41, 5.74) is 4.41.